The molecule has 0 saturated heterocycles. The van der Waals surface area contributed by atoms with Crippen LogP contribution in [0.15, 0.2) is 51.8 Å². The van der Waals surface area contributed by atoms with Crippen molar-refractivity contribution in [2.24, 2.45) is 0 Å². The lowest BCUT2D eigenvalue weighted by atomic mass is 10.3. The van der Waals surface area contributed by atoms with Gasteiger partial charge in [-0.3, -0.25) is 4.79 Å². The fourth-order valence-electron chi connectivity index (χ4n) is 2.05. The van der Waals surface area contributed by atoms with Crippen LogP contribution in [0.5, 0.6) is 11.5 Å². The largest absolute Gasteiger partial charge is 0.495 e. The molecule has 0 aliphatic rings. The van der Waals surface area contributed by atoms with Gasteiger partial charge in [-0.1, -0.05) is 22.0 Å². The van der Waals surface area contributed by atoms with E-state index in [9.17, 15) is 13.2 Å². The van der Waals surface area contributed by atoms with Crippen molar-refractivity contribution in [3.05, 3.63) is 46.9 Å². The number of anilines is 1. The zero-order chi connectivity index (χ0) is 19.3. The van der Waals surface area contributed by atoms with Crippen molar-refractivity contribution in [2.45, 2.75) is 4.90 Å². The zero-order valence-electron chi connectivity index (χ0n) is 14.5. The van der Waals surface area contributed by atoms with Gasteiger partial charge in [0.1, 0.15) is 11.5 Å². The summed E-state index contributed by atoms with van der Waals surface area (Å²) in [6.07, 6.45) is 0. The first kappa shape index (κ1) is 20.2. The van der Waals surface area contributed by atoms with Crippen molar-refractivity contribution < 1.29 is 22.7 Å². The van der Waals surface area contributed by atoms with Gasteiger partial charge in [0, 0.05) is 18.6 Å². The maximum Gasteiger partial charge on any atom is 0.262 e. The van der Waals surface area contributed by atoms with Gasteiger partial charge in [-0.05, 0) is 36.4 Å². The summed E-state index contributed by atoms with van der Waals surface area (Å²) >= 11 is 3.32. The molecule has 0 heterocycles. The van der Waals surface area contributed by atoms with E-state index in [2.05, 4.69) is 21.2 Å². The molecule has 0 aliphatic heterocycles. The molecule has 0 bridgehead atoms. The molecule has 2 aromatic rings. The molecule has 0 fully saturated rings. The Hall–Kier alpha value is -2.10. The molecule has 1 N–H and O–H groups in total. The minimum absolute atomic E-state index is 0.0477. The third-order valence-corrected chi connectivity index (χ3v) is 5.69. The van der Waals surface area contributed by atoms with Gasteiger partial charge in [-0.2, -0.15) is 0 Å². The number of halogens is 1. The number of ether oxygens (including phenoxy) is 2. The Morgan fingerprint density at radius 2 is 1.92 bits per heavy atom. The van der Waals surface area contributed by atoms with E-state index in [1.807, 2.05) is 6.07 Å². The number of methoxy groups -OCH3 is 1. The number of benzene rings is 2. The van der Waals surface area contributed by atoms with E-state index in [0.29, 0.717) is 11.5 Å². The van der Waals surface area contributed by atoms with Crippen LogP contribution in [-0.2, 0) is 14.8 Å². The number of nitrogens with zero attached hydrogens (tertiary/aromatic N) is 1. The summed E-state index contributed by atoms with van der Waals surface area (Å²) in [5.41, 5.74) is 0.248. The predicted octanol–water partition coefficient (Wildman–Crippen LogP) is 2.73. The van der Waals surface area contributed by atoms with Crippen molar-refractivity contribution in [1.82, 2.24) is 4.31 Å². The Balaban J connectivity index is 2.15. The number of carbonyl (C=O) groups excluding carboxylic acids is 1. The van der Waals surface area contributed by atoms with Gasteiger partial charge in [0.15, 0.2) is 6.61 Å². The topological polar surface area (TPSA) is 84.9 Å². The molecule has 0 unspecified atom stereocenters. The van der Waals surface area contributed by atoms with Crippen LogP contribution in [0.2, 0.25) is 0 Å². The molecule has 0 atom stereocenters. The van der Waals surface area contributed by atoms with E-state index < -0.39 is 15.9 Å². The number of nitrogens with one attached hydrogen (secondary N) is 1. The molecule has 26 heavy (non-hydrogen) atoms. The number of rotatable bonds is 7. The van der Waals surface area contributed by atoms with Gasteiger partial charge in [-0.15, -0.1) is 0 Å². The lowest BCUT2D eigenvalue weighted by Gasteiger charge is -2.15. The van der Waals surface area contributed by atoms with E-state index >= 15 is 0 Å². The summed E-state index contributed by atoms with van der Waals surface area (Å²) < 4.78 is 37.0. The highest BCUT2D eigenvalue weighted by molar-refractivity contribution is 9.10. The monoisotopic (exact) mass is 442 g/mol. The molecular weight excluding hydrogens is 424 g/mol. The normalized spacial score (nSPS) is 11.3. The second-order valence-corrected chi connectivity index (χ2v) is 8.51. The summed E-state index contributed by atoms with van der Waals surface area (Å²) in [5, 5.41) is 2.61. The van der Waals surface area contributed by atoms with E-state index in [1.165, 1.54) is 39.4 Å². The van der Waals surface area contributed by atoms with Crippen LogP contribution >= 0.6 is 15.9 Å². The number of hydrogen-bond acceptors (Lipinski definition) is 5. The van der Waals surface area contributed by atoms with E-state index in [0.717, 1.165) is 8.78 Å². The summed E-state index contributed by atoms with van der Waals surface area (Å²) in [6.45, 7) is -0.232. The summed E-state index contributed by atoms with van der Waals surface area (Å²) in [5.74, 6) is 0.437. The van der Waals surface area contributed by atoms with Crippen molar-refractivity contribution >= 4 is 37.5 Å². The Labute approximate surface area is 161 Å². The minimum Gasteiger partial charge on any atom is -0.495 e. The second-order valence-electron chi connectivity index (χ2n) is 5.44. The average molecular weight is 443 g/mol. The SMILES string of the molecule is COc1ccc(S(=O)(=O)N(C)C)cc1NC(=O)COc1cccc(Br)c1. The Morgan fingerprint density at radius 1 is 1.19 bits per heavy atom. The molecule has 0 saturated carbocycles. The lowest BCUT2D eigenvalue weighted by molar-refractivity contribution is -0.118. The molecule has 140 valence electrons. The highest BCUT2D eigenvalue weighted by Crippen LogP contribution is 2.28. The highest BCUT2D eigenvalue weighted by Gasteiger charge is 2.20. The first-order chi connectivity index (χ1) is 12.2. The predicted molar refractivity (Wildman–Crippen MR) is 102 cm³/mol. The lowest BCUT2D eigenvalue weighted by Crippen LogP contribution is -2.23. The molecule has 7 nitrogen and oxygen atoms in total. The van der Waals surface area contributed by atoms with Crippen LogP contribution in [0.1, 0.15) is 0 Å². The smallest absolute Gasteiger partial charge is 0.262 e. The van der Waals surface area contributed by atoms with Gasteiger partial charge in [0.25, 0.3) is 5.91 Å². The van der Waals surface area contributed by atoms with E-state index in [-0.39, 0.29) is 17.2 Å². The van der Waals surface area contributed by atoms with Crippen LogP contribution in [0.3, 0.4) is 0 Å². The van der Waals surface area contributed by atoms with Crippen molar-refractivity contribution in [3.63, 3.8) is 0 Å². The minimum atomic E-state index is -3.63. The Bertz CT molecular complexity index is 900. The molecule has 0 radical (unpaired) electrons. The van der Waals surface area contributed by atoms with Crippen molar-refractivity contribution in [2.75, 3.05) is 33.1 Å². The van der Waals surface area contributed by atoms with Crippen LogP contribution in [0.4, 0.5) is 5.69 Å². The summed E-state index contributed by atoms with van der Waals surface area (Å²) in [6, 6.07) is 11.3. The second kappa shape index (κ2) is 8.52. The van der Waals surface area contributed by atoms with E-state index in [4.69, 9.17) is 9.47 Å². The summed E-state index contributed by atoms with van der Waals surface area (Å²) in [7, 11) is 0.672. The molecule has 9 heteroatoms. The number of carbonyl (C=O) groups is 1. The third kappa shape index (κ3) is 4.96. The van der Waals surface area contributed by atoms with Gasteiger partial charge >= 0.3 is 0 Å². The molecule has 0 spiro atoms. The molecule has 1 amide bonds. The van der Waals surface area contributed by atoms with Gasteiger partial charge in [0.2, 0.25) is 10.0 Å². The van der Waals surface area contributed by atoms with Crippen molar-refractivity contribution in [1.29, 1.82) is 0 Å². The standard InChI is InChI=1S/C17H19BrN2O5S/c1-20(2)26(22,23)14-7-8-16(24-3)15(10-14)19-17(21)11-25-13-6-4-5-12(18)9-13/h4-10H,11H2,1-3H3,(H,19,21). The molecule has 2 aromatic carbocycles. The number of amides is 1. The molecular formula is C17H19BrN2O5S. The van der Waals surface area contributed by atoms with Crippen LogP contribution < -0.4 is 14.8 Å². The first-order valence-electron chi connectivity index (χ1n) is 7.53. The number of hydrogen-bond donors (Lipinski definition) is 1. The fourth-order valence-corrected chi connectivity index (χ4v) is 3.35. The Morgan fingerprint density at radius 3 is 2.54 bits per heavy atom. The molecule has 0 aromatic heterocycles. The van der Waals surface area contributed by atoms with Crippen LogP contribution in [-0.4, -0.2) is 46.4 Å². The van der Waals surface area contributed by atoms with Gasteiger partial charge < -0.3 is 14.8 Å². The average Bonchev–Trinajstić information content (AvgIpc) is 2.60. The quantitative estimate of drug-likeness (QED) is 0.712. The summed E-state index contributed by atoms with van der Waals surface area (Å²) in [4.78, 5) is 12.2. The van der Waals surface area contributed by atoms with Crippen molar-refractivity contribution in [3.8, 4) is 11.5 Å². The highest BCUT2D eigenvalue weighted by atomic mass is 79.9. The maximum absolute atomic E-state index is 12.3. The maximum atomic E-state index is 12.3. The zero-order valence-corrected chi connectivity index (χ0v) is 16.9. The third-order valence-electron chi connectivity index (χ3n) is 3.39. The van der Waals surface area contributed by atoms with Crippen LogP contribution in [0.25, 0.3) is 0 Å². The number of sulfonamides is 1. The van der Waals surface area contributed by atoms with Crippen LogP contribution in [0, 0.1) is 0 Å². The first-order valence-corrected chi connectivity index (χ1v) is 9.76. The van der Waals surface area contributed by atoms with E-state index in [1.54, 1.807) is 18.2 Å². The fraction of sp³-hybridized carbons (Fsp3) is 0.235. The molecule has 2 rings (SSSR count). The molecule has 0 aliphatic carbocycles. The van der Waals surface area contributed by atoms with Gasteiger partial charge in [0.05, 0.1) is 17.7 Å². The Kier molecular flexibility index (Phi) is 6.63. The van der Waals surface area contributed by atoms with Gasteiger partial charge in [-0.25, -0.2) is 12.7 Å².